The van der Waals surface area contributed by atoms with Crippen LogP contribution in [0, 0.1) is 0 Å². The topological polar surface area (TPSA) is 32.5 Å². The van der Waals surface area contributed by atoms with Crippen LogP contribution in [-0.2, 0) is 6.54 Å². The molecule has 1 aliphatic heterocycles. The van der Waals surface area contributed by atoms with E-state index < -0.39 is 0 Å². The third-order valence-electron chi connectivity index (χ3n) is 3.53. The quantitative estimate of drug-likeness (QED) is 0.834. The molecular weight excluding hydrogens is 242 g/mol. The first-order chi connectivity index (χ1) is 8.69. The van der Waals surface area contributed by atoms with Crippen LogP contribution in [0.15, 0.2) is 24.3 Å². The summed E-state index contributed by atoms with van der Waals surface area (Å²) in [5.74, 6) is 0. The summed E-state index contributed by atoms with van der Waals surface area (Å²) in [4.78, 5) is 5.46. The van der Waals surface area contributed by atoms with Gasteiger partial charge in [0.25, 0.3) is 0 Å². The van der Waals surface area contributed by atoms with Crippen LogP contribution >= 0.6 is 12.2 Å². The summed E-state index contributed by atoms with van der Waals surface area (Å²) in [6.45, 7) is 9.01. The van der Waals surface area contributed by atoms with Crippen LogP contribution in [0.1, 0.15) is 18.1 Å². The van der Waals surface area contributed by atoms with Gasteiger partial charge in [0.05, 0.1) is 0 Å². The van der Waals surface area contributed by atoms with Gasteiger partial charge in [-0.1, -0.05) is 37.3 Å². The van der Waals surface area contributed by atoms with Crippen molar-refractivity contribution in [1.82, 2.24) is 9.80 Å². The third-order valence-corrected chi connectivity index (χ3v) is 3.77. The zero-order chi connectivity index (χ0) is 13.0. The van der Waals surface area contributed by atoms with Crippen molar-refractivity contribution in [2.75, 3.05) is 32.7 Å². The molecule has 4 heteroatoms. The van der Waals surface area contributed by atoms with Crippen LogP contribution in [0.5, 0.6) is 0 Å². The third kappa shape index (κ3) is 3.51. The van der Waals surface area contributed by atoms with Gasteiger partial charge in [-0.3, -0.25) is 4.90 Å². The fraction of sp³-hybridized carbons (Fsp3) is 0.500. The first-order valence-corrected chi connectivity index (χ1v) is 6.93. The Labute approximate surface area is 115 Å². The standard InChI is InChI=1S/C14H21N3S/c1-2-16-6-8-17(9-7-16)11-12-4-3-5-13(10-12)14(15)18/h3-5,10H,2,6-9,11H2,1H3,(H2,15,18). The lowest BCUT2D eigenvalue weighted by atomic mass is 10.1. The predicted molar refractivity (Wildman–Crippen MR) is 79.7 cm³/mol. The molecule has 2 N–H and O–H groups in total. The van der Waals surface area contributed by atoms with Crippen LogP contribution < -0.4 is 5.73 Å². The molecule has 1 aliphatic rings. The fourth-order valence-corrected chi connectivity index (χ4v) is 2.47. The van der Waals surface area contributed by atoms with Gasteiger partial charge in [0.1, 0.15) is 4.99 Å². The van der Waals surface area contributed by atoms with Crippen molar-refractivity contribution >= 4 is 17.2 Å². The van der Waals surface area contributed by atoms with E-state index >= 15 is 0 Å². The van der Waals surface area contributed by atoms with E-state index in [0.717, 1.165) is 31.7 Å². The highest BCUT2D eigenvalue weighted by atomic mass is 32.1. The Morgan fingerprint density at radius 1 is 1.22 bits per heavy atom. The lowest BCUT2D eigenvalue weighted by molar-refractivity contribution is 0.132. The van der Waals surface area contributed by atoms with E-state index in [4.69, 9.17) is 18.0 Å². The Balaban J connectivity index is 1.94. The summed E-state index contributed by atoms with van der Waals surface area (Å²) in [5.41, 5.74) is 7.93. The molecule has 1 saturated heterocycles. The van der Waals surface area contributed by atoms with Crippen LogP contribution in [0.4, 0.5) is 0 Å². The summed E-state index contributed by atoms with van der Waals surface area (Å²) in [6, 6.07) is 8.26. The summed E-state index contributed by atoms with van der Waals surface area (Å²) >= 11 is 5.01. The SMILES string of the molecule is CCN1CCN(Cc2cccc(C(N)=S)c2)CC1. The Kier molecular flexibility index (Phi) is 4.69. The second-order valence-electron chi connectivity index (χ2n) is 4.78. The van der Waals surface area contributed by atoms with Gasteiger partial charge in [-0.2, -0.15) is 0 Å². The molecule has 0 bridgehead atoms. The fourth-order valence-electron chi connectivity index (χ4n) is 2.34. The molecular formula is C14H21N3S. The first-order valence-electron chi connectivity index (χ1n) is 6.52. The molecule has 0 atom stereocenters. The van der Waals surface area contributed by atoms with Crippen molar-refractivity contribution in [3.63, 3.8) is 0 Å². The molecule has 18 heavy (non-hydrogen) atoms. The van der Waals surface area contributed by atoms with Gasteiger partial charge in [-0.25, -0.2) is 0 Å². The minimum absolute atomic E-state index is 0.479. The molecule has 2 rings (SSSR count). The smallest absolute Gasteiger partial charge is 0.103 e. The number of nitrogens with zero attached hydrogens (tertiary/aromatic N) is 2. The Bertz CT molecular complexity index is 411. The Hall–Kier alpha value is -0.970. The minimum atomic E-state index is 0.479. The summed E-state index contributed by atoms with van der Waals surface area (Å²) in [7, 11) is 0. The lowest BCUT2D eigenvalue weighted by Gasteiger charge is -2.34. The molecule has 0 spiro atoms. The monoisotopic (exact) mass is 263 g/mol. The first kappa shape index (κ1) is 13.5. The second-order valence-corrected chi connectivity index (χ2v) is 5.21. The zero-order valence-corrected chi connectivity index (χ0v) is 11.7. The van der Waals surface area contributed by atoms with Gasteiger partial charge in [0.15, 0.2) is 0 Å². The molecule has 1 fully saturated rings. The van der Waals surface area contributed by atoms with E-state index in [-0.39, 0.29) is 0 Å². The van der Waals surface area contributed by atoms with Gasteiger partial charge < -0.3 is 10.6 Å². The van der Waals surface area contributed by atoms with Gasteiger partial charge in [0.2, 0.25) is 0 Å². The zero-order valence-electron chi connectivity index (χ0n) is 10.9. The van der Waals surface area contributed by atoms with E-state index in [1.165, 1.54) is 18.7 Å². The Morgan fingerprint density at radius 2 is 1.89 bits per heavy atom. The summed E-state index contributed by atoms with van der Waals surface area (Å²) < 4.78 is 0. The van der Waals surface area contributed by atoms with Gasteiger partial charge in [0, 0.05) is 38.3 Å². The molecule has 0 radical (unpaired) electrons. The lowest BCUT2D eigenvalue weighted by Crippen LogP contribution is -2.45. The van der Waals surface area contributed by atoms with Crippen LogP contribution in [0.2, 0.25) is 0 Å². The van der Waals surface area contributed by atoms with Crippen molar-refractivity contribution in [1.29, 1.82) is 0 Å². The highest BCUT2D eigenvalue weighted by molar-refractivity contribution is 7.80. The molecule has 0 saturated carbocycles. The maximum atomic E-state index is 5.66. The largest absolute Gasteiger partial charge is 0.389 e. The van der Waals surface area contributed by atoms with E-state index in [2.05, 4.69) is 28.9 Å². The number of benzene rings is 1. The molecule has 1 aromatic carbocycles. The summed E-state index contributed by atoms with van der Waals surface area (Å²) in [5, 5.41) is 0. The van der Waals surface area contributed by atoms with Gasteiger partial charge >= 0.3 is 0 Å². The molecule has 0 amide bonds. The van der Waals surface area contributed by atoms with E-state index in [9.17, 15) is 0 Å². The van der Waals surface area contributed by atoms with Crippen LogP contribution in [-0.4, -0.2) is 47.5 Å². The van der Waals surface area contributed by atoms with Crippen LogP contribution in [0.25, 0.3) is 0 Å². The normalized spacial score (nSPS) is 17.8. The number of thiocarbonyl (C=S) groups is 1. The minimum Gasteiger partial charge on any atom is -0.389 e. The highest BCUT2D eigenvalue weighted by Gasteiger charge is 2.15. The van der Waals surface area contributed by atoms with E-state index in [1.807, 2.05) is 12.1 Å². The molecule has 1 heterocycles. The number of hydrogen-bond donors (Lipinski definition) is 1. The van der Waals surface area contributed by atoms with Gasteiger partial charge in [-0.05, 0) is 18.2 Å². The number of hydrogen-bond acceptors (Lipinski definition) is 3. The molecule has 0 aliphatic carbocycles. The Morgan fingerprint density at radius 3 is 2.50 bits per heavy atom. The molecule has 0 unspecified atom stereocenters. The van der Waals surface area contributed by atoms with Crippen molar-refractivity contribution < 1.29 is 0 Å². The predicted octanol–water partition coefficient (Wildman–Crippen LogP) is 1.46. The van der Waals surface area contributed by atoms with E-state index in [1.54, 1.807) is 0 Å². The van der Waals surface area contributed by atoms with Crippen molar-refractivity contribution in [2.24, 2.45) is 5.73 Å². The second kappa shape index (κ2) is 6.27. The maximum Gasteiger partial charge on any atom is 0.103 e. The molecule has 0 aromatic heterocycles. The van der Waals surface area contributed by atoms with Crippen LogP contribution in [0.3, 0.4) is 0 Å². The number of nitrogens with two attached hydrogens (primary N) is 1. The molecule has 1 aromatic rings. The average Bonchev–Trinajstić information content (AvgIpc) is 2.40. The maximum absolute atomic E-state index is 5.66. The number of piperazine rings is 1. The van der Waals surface area contributed by atoms with Crippen molar-refractivity contribution in [3.8, 4) is 0 Å². The number of rotatable bonds is 4. The van der Waals surface area contributed by atoms with E-state index in [0.29, 0.717) is 4.99 Å². The van der Waals surface area contributed by atoms with Crippen molar-refractivity contribution in [3.05, 3.63) is 35.4 Å². The van der Waals surface area contributed by atoms with Crippen molar-refractivity contribution in [2.45, 2.75) is 13.5 Å². The average molecular weight is 263 g/mol. The molecule has 98 valence electrons. The highest BCUT2D eigenvalue weighted by Crippen LogP contribution is 2.10. The number of likely N-dealkylation sites (N-methyl/N-ethyl adjacent to an activating group) is 1. The summed E-state index contributed by atoms with van der Waals surface area (Å²) in [6.07, 6.45) is 0. The van der Waals surface area contributed by atoms with Gasteiger partial charge in [-0.15, -0.1) is 0 Å². The molecule has 3 nitrogen and oxygen atoms in total.